The molecule has 3 heterocycles. The van der Waals surface area contributed by atoms with Gasteiger partial charge in [0, 0.05) is 34.7 Å². The number of rotatable bonds is 10. The molecule has 0 bridgehead atoms. The van der Waals surface area contributed by atoms with E-state index in [1.165, 1.54) is 55.5 Å². The summed E-state index contributed by atoms with van der Waals surface area (Å²) in [6, 6.07) is 32.3. The lowest BCUT2D eigenvalue weighted by atomic mass is 9.91. The Morgan fingerprint density at radius 2 is 1.44 bits per heavy atom. The molecule has 0 saturated heterocycles. The van der Waals surface area contributed by atoms with Crippen molar-refractivity contribution >= 4 is 21.8 Å². The third kappa shape index (κ3) is 5.68. The maximum absolute atomic E-state index is 6.73. The standard InChI is InChI=1S/C43H44N4O/c1-7-13-37-43(42-29(5)15-12-16-30(42)6)39(14-8-2)47(45-37)32-24-31(9-3)25-34(26-32)48-33-19-20-36-35-17-10-11-18-38(35)46(40(36)27-33)41-23-28(4)21-22-44-41/h10-12,15-27H,7-9,13-14H2,1-6H3. The van der Waals surface area contributed by atoms with E-state index in [0.717, 1.165) is 66.1 Å². The Morgan fingerprint density at radius 1 is 0.667 bits per heavy atom. The van der Waals surface area contributed by atoms with Crippen LogP contribution < -0.4 is 4.74 Å². The van der Waals surface area contributed by atoms with E-state index in [2.05, 4.69) is 136 Å². The molecule has 0 aliphatic heterocycles. The molecular formula is C43H44N4O. The predicted molar refractivity (Wildman–Crippen MR) is 199 cm³/mol. The van der Waals surface area contributed by atoms with Crippen molar-refractivity contribution in [3.63, 3.8) is 0 Å². The molecule has 0 unspecified atom stereocenters. The molecule has 0 amide bonds. The van der Waals surface area contributed by atoms with Crippen LogP contribution in [0.4, 0.5) is 0 Å². The minimum Gasteiger partial charge on any atom is -0.457 e. The molecule has 0 aliphatic rings. The molecular weight excluding hydrogens is 589 g/mol. The van der Waals surface area contributed by atoms with Crippen LogP contribution in [0.3, 0.4) is 0 Å². The first kappa shape index (κ1) is 31.4. The summed E-state index contributed by atoms with van der Waals surface area (Å²) in [6.07, 6.45) is 6.74. The van der Waals surface area contributed by atoms with Crippen LogP contribution in [0.5, 0.6) is 11.5 Å². The number of para-hydroxylation sites is 1. The van der Waals surface area contributed by atoms with E-state index in [1.807, 2.05) is 12.3 Å². The van der Waals surface area contributed by atoms with E-state index in [1.54, 1.807) is 0 Å². The highest BCUT2D eigenvalue weighted by Crippen LogP contribution is 2.38. The fourth-order valence-electron chi connectivity index (χ4n) is 7.16. The van der Waals surface area contributed by atoms with Crippen LogP contribution in [0.15, 0.2) is 97.2 Å². The van der Waals surface area contributed by atoms with Gasteiger partial charge in [-0.05, 0) is 110 Å². The minimum atomic E-state index is 0.788. The molecule has 5 heteroatoms. The van der Waals surface area contributed by atoms with Crippen LogP contribution in [-0.2, 0) is 19.3 Å². The van der Waals surface area contributed by atoms with Crippen LogP contribution in [0.1, 0.15) is 67.3 Å². The second-order valence-electron chi connectivity index (χ2n) is 13.0. The predicted octanol–water partition coefficient (Wildman–Crippen LogP) is 11.2. The van der Waals surface area contributed by atoms with Gasteiger partial charge in [0.25, 0.3) is 0 Å². The first-order valence-electron chi connectivity index (χ1n) is 17.4. The molecule has 5 nitrogen and oxygen atoms in total. The van der Waals surface area contributed by atoms with Gasteiger partial charge in [-0.2, -0.15) is 5.10 Å². The fraction of sp³-hybridized carbons (Fsp3) is 0.256. The van der Waals surface area contributed by atoms with Crippen LogP contribution in [-0.4, -0.2) is 19.3 Å². The molecule has 0 aliphatic carbocycles. The summed E-state index contributed by atoms with van der Waals surface area (Å²) in [4.78, 5) is 4.75. The third-order valence-corrected chi connectivity index (χ3v) is 9.37. The maximum atomic E-state index is 6.73. The average molecular weight is 633 g/mol. The highest BCUT2D eigenvalue weighted by atomic mass is 16.5. The molecule has 3 aromatic heterocycles. The van der Waals surface area contributed by atoms with E-state index < -0.39 is 0 Å². The van der Waals surface area contributed by atoms with Gasteiger partial charge in [-0.3, -0.25) is 4.57 Å². The van der Waals surface area contributed by atoms with Crippen molar-refractivity contribution in [1.29, 1.82) is 0 Å². The van der Waals surface area contributed by atoms with Gasteiger partial charge in [-0.25, -0.2) is 9.67 Å². The van der Waals surface area contributed by atoms with Crippen LogP contribution in [0.2, 0.25) is 0 Å². The van der Waals surface area contributed by atoms with Crippen LogP contribution >= 0.6 is 0 Å². The van der Waals surface area contributed by atoms with Gasteiger partial charge < -0.3 is 4.74 Å². The summed E-state index contributed by atoms with van der Waals surface area (Å²) in [6.45, 7) is 13.2. The minimum absolute atomic E-state index is 0.788. The number of hydrogen-bond donors (Lipinski definition) is 0. The second kappa shape index (κ2) is 13.2. The van der Waals surface area contributed by atoms with Gasteiger partial charge in [-0.15, -0.1) is 0 Å². The summed E-state index contributed by atoms with van der Waals surface area (Å²) in [5, 5.41) is 7.71. The molecule has 4 aromatic carbocycles. The zero-order chi connectivity index (χ0) is 33.4. The normalized spacial score (nSPS) is 11.5. The van der Waals surface area contributed by atoms with Crippen LogP contribution in [0, 0.1) is 20.8 Å². The lowest BCUT2D eigenvalue weighted by Crippen LogP contribution is -2.05. The SMILES string of the molecule is CCCc1nn(-c2cc(CC)cc(Oc3ccc4c5ccccc5n(-c5cc(C)ccn5)c4c3)c2)c(CCC)c1-c1c(C)cccc1C. The number of aryl methyl sites for hydroxylation is 5. The third-order valence-electron chi connectivity index (χ3n) is 9.37. The Morgan fingerprint density at radius 3 is 2.19 bits per heavy atom. The fourth-order valence-corrected chi connectivity index (χ4v) is 7.16. The first-order chi connectivity index (χ1) is 23.4. The summed E-state index contributed by atoms with van der Waals surface area (Å²) in [5.41, 5.74) is 13.3. The van der Waals surface area contributed by atoms with E-state index in [9.17, 15) is 0 Å². The summed E-state index contributed by atoms with van der Waals surface area (Å²) in [5.74, 6) is 2.50. The van der Waals surface area contributed by atoms with Gasteiger partial charge in [0.1, 0.15) is 17.3 Å². The second-order valence-corrected chi connectivity index (χ2v) is 13.0. The smallest absolute Gasteiger partial charge is 0.137 e. The first-order valence-corrected chi connectivity index (χ1v) is 17.4. The maximum Gasteiger partial charge on any atom is 0.137 e. The number of ether oxygens (including phenoxy) is 1. The molecule has 242 valence electrons. The van der Waals surface area contributed by atoms with Crippen LogP contribution in [0.25, 0.3) is 44.4 Å². The monoisotopic (exact) mass is 632 g/mol. The largest absolute Gasteiger partial charge is 0.457 e. The summed E-state index contributed by atoms with van der Waals surface area (Å²) >= 11 is 0. The van der Waals surface area contributed by atoms with E-state index >= 15 is 0 Å². The Bertz CT molecular complexity index is 2250. The molecule has 48 heavy (non-hydrogen) atoms. The zero-order valence-electron chi connectivity index (χ0n) is 29.0. The van der Waals surface area contributed by atoms with E-state index in [0.29, 0.717) is 0 Å². The molecule has 0 saturated carbocycles. The van der Waals surface area contributed by atoms with E-state index in [-0.39, 0.29) is 0 Å². The number of benzene rings is 4. The van der Waals surface area contributed by atoms with Gasteiger partial charge >= 0.3 is 0 Å². The molecule has 7 aromatic rings. The van der Waals surface area contributed by atoms with E-state index in [4.69, 9.17) is 14.8 Å². The quantitative estimate of drug-likeness (QED) is 0.151. The highest BCUT2D eigenvalue weighted by Gasteiger charge is 2.23. The van der Waals surface area contributed by atoms with Crippen molar-refractivity contribution in [2.45, 2.75) is 73.6 Å². The molecule has 0 fully saturated rings. The van der Waals surface area contributed by atoms with Crippen molar-refractivity contribution in [1.82, 2.24) is 19.3 Å². The highest BCUT2D eigenvalue weighted by molar-refractivity contribution is 6.09. The number of pyridine rings is 1. The zero-order valence-corrected chi connectivity index (χ0v) is 29.0. The van der Waals surface area contributed by atoms with Gasteiger partial charge in [0.15, 0.2) is 0 Å². The molecule has 7 rings (SSSR count). The lowest BCUT2D eigenvalue weighted by molar-refractivity contribution is 0.482. The molecule has 0 N–H and O–H groups in total. The van der Waals surface area contributed by atoms with Gasteiger partial charge in [-0.1, -0.05) is 70.0 Å². The van der Waals surface area contributed by atoms with Gasteiger partial charge in [0.2, 0.25) is 0 Å². The molecule has 0 atom stereocenters. The van der Waals surface area contributed by atoms with Crippen molar-refractivity contribution in [2.75, 3.05) is 0 Å². The lowest BCUT2D eigenvalue weighted by Gasteiger charge is -2.15. The topological polar surface area (TPSA) is 44.9 Å². The Hall–Kier alpha value is -5.16. The summed E-state index contributed by atoms with van der Waals surface area (Å²) in [7, 11) is 0. The van der Waals surface area contributed by atoms with Crippen molar-refractivity contribution in [3.05, 3.63) is 131 Å². The average Bonchev–Trinajstić information content (AvgIpc) is 3.60. The number of nitrogens with zero attached hydrogens (tertiary/aromatic N) is 4. The number of aromatic nitrogens is 4. The summed E-state index contributed by atoms with van der Waals surface area (Å²) < 4.78 is 11.2. The number of fused-ring (bicyclic) bond motifs is 3. The molecule has 0 radical (unpaired) electrons. The molecule has 0 spiro atoms. The van der Waals surface area contributed by atoms with Crippen molar-refractivity contribution in [2.24, 2.45) is 0 Å². The Balaban J connectivity index is 1.36. The van der Waals surface area contributed by atoms with Crippen molar-refractivity contribution in [3.8, 4) is 34.1 Å². The number of hydrogen-bond acceptors (Lipinski definition) is 3. The Kier molecular flexibility index (Phi) is 8.62. The van der Waals surface area contributed by atoms with Crippen molar-refractivity contribution < 1.29 is 4.74 Å². The van der Waals surface area contributed by atoms with Gasteiger partial charge in [0.05, 0.1) is 28.1 Å². The Labute approximate surface area is 283 Å².